The number of thiophene rings is 1. The first-order chi connectivity index (χ1) is 9.00. The zero-order chi connectivity index (χ0) is 14.0. The van der Waals surface area contributed by atoms with Gasteiger partial charge in [-0.3, -0.25) is 4.79 Å². The number of rotatable bonds is 3. The third-order valence-electron chi connectivity index (χ3n) is 2.53. The van der Waals surface area contributed by atoms with E-state index in [2.05, 4.69) is 5.32 Å². The monoisotopic (exact) mass is 295 g/mol. The number of carbonyl (C=O) groups excluding carboxylic acids is 1. The summed E-state index contributed by atoms with van der Waals surface area (Å²) in [6.45, 7) is 1.74. The maximum atomic E-state index is 12.1. The zero-order valence-corrected chi connectivity index (χ0v) is 11.5. The van der Waals surface area contributed by atoms with Crippen molar-refractivity contribution in [1.82, 2.24) is 0 Å². The van der Waals surface area contributed by atoms with Gasteiger partial charge in [0.2, 0.25) is 0 Å². The van der Waals surface area contributed by atoms with Gasteiger partial charge in [0.05, 0.1) is 16.3 Å². The molecule has 0 bridgehead atoms. The van der Waals surface area contributed by atoms with Crippen molar-refractivity contribution >= 4 is 40.5 Å². The molecule has 19 heavy (non-hydrogen) atoms. The Hall–Kier alpha value is -1.85. The zero-order valence-electron chi connectivity index (χ0n) is 9.94. The topological polar surface area (TPSA) is 66.4 Å². The van der Waals surface area contributed by atoms with Crippen LogP contribution in [0.3, 0.4) is 0 Å². The molecule has 0 radical (unpaired) electrons. The molecule has 0 aliphatic heterocycles. The van der Waals surface area contributed by atoms with Crippen LogP contribution < -0.4 is 5.32 Å². The standard InChI is InChI=1S/C13H10ClNO3S/c1-7-6-19-11(13(17)18)10(7)15-12(16)8-4-2-3-5-9(8)14/h2-6H,1H3,(H,15,16)(H,17,18). The molecule has 0 aliphatic carbocycles. The average molecular weight is 296 g/mol. The minimum Gasteiger partial charge on any atom is -0.477 e. The lowest BCUT2D eigenvalue weighted by Gasteiger charge is -2.07. The van der Waals surface area contributed by atoms with E-state index in [-0.39, 0.29) is 4.88 Å². The highest BCUT2D eigenvalue weighted by atomic mass is 35.5. The predicted molar refractivity (Wildman–Crippen MR) is 75.4 cm³/mol. The summed E-state index contributed by atoms with van der Waals surface area (Å²) >= 11 is 7.01. The summed E-state index contributed by atoms with van der Waals surface area (Å²) in [7, 11) is 0. The van der Waals surface area contributed by atoms with E-state index >= 15 is 0 Å². The lowest BCUT2D eigenvalue weighted by Crippen LogP contribution is -2.14. The largest absolute Gasteiger partial charge is 0.477 e. The normalized spacial score (nSPS) is 10.2. The van der Waals surface area contributed by atoms with Gasteiger partial charge in [-0.1, -0.05) is 23.7 Å². The second-order valence-corrected chi connectivity index (χ2v) is 5.15. The highest BCUT2D eigenvalue weighted by Gasteiger charge is 2.18. The van der Waals surface area contributed by atoms with E-state index in [4.69, 9.17) is 16.7 Å². The van der Waals surface area contributed by atoms with Gasteiger partial charge < -0.3 is 10.4 Å². The fraction of sp³-hybridized carbons (Fsp3) is 0.0769. The molecule has 0 atom stereocenters. The van der Waals surface area contributed by atoms with E-state index in [1.165, 1.54) is 0 Å². The molecule has 1 heterocycles. The average Bonchev–Trinajstić information content (AvgIpc) is 2.71. The molecule has 0 saturated heterocycles. The summed E-state index contributed by atoms with van der Waals surface area (Å²) in [5.74, 6) is -1.48. The first kappa shape index (κ1) is 13.6. The number of carboxylic acid groups (broad SMARTS) is 1. The Morgan fingerprint density at radius 3 is 2.63 bits per heavy atom. The van der Waals surface area contributed by atoms with Crippen LogP contribution in [0.15, 0.2) is 29.6 Å². The number of carboxylic acids is 1. The minimum absolute atomic E-state index is 0.109. The van der Waals surface area contributed by atoms with Crippen molar-refractivity contribution in [3.8, 4) is 0 Å². The van der Waals surface area contributed by atoms with E-state index in [1.54, 1.807) is 36.6 Å². The lowest BCUT2D eigenvalue weighted by molar-refractivity contribution is 0.0703. The highest BCUT2D eigenvalue weighted by molar-refractivity contribution is 7.12. The van der Waals surface area contributed by atoms with E-state index in [1.807, 2.05) is 0 Å². The van der Waals surface area contributed by atoms with Crippen molar-refractivity contribution in [3.63, 3.8) is 0 Å². The second kappa shape index (κ2) is 5.42. The van der Waals surface area contributed by atoms with Crippen LogP contribution in [0.1, 0.15) is 25.6 Å². The fourth-order valence-electron chi connectivity index (χ4n) is 1.58. The van der Waals surface area contributed by atoms with Gasteiger partial charge in [-0.05, 0) is 30.0 Å². The molecule has 0 aliphatic rings. The number of amides is 1. The van der Waals surface area contributed by atoms with Gasteiger partial charge in [0.15, 0.2) is 0 Å². The molecule has 0 fully saturated rings. The van der Waals surface area contributed by atoms with E-state index in [0.29, 0.717) is 21.8 Å². The summed E-state index contributed by atoms with van der Waals surface area (Å²) in [4.78, 5) is 23.2. The van der Waals surface area contributed by atoms with Crippen molar-refractivity contribution in [2.45, 2.75) is 6.92 Å². The van der Waals surface area contributed by atoms with Crippen molar-refractivity contribution in [2.75, 3.05) is 5.32 Å². The van der Waals surface area contributed by atoms with Gasteiger partial charge in [0, 0.05) is 0 Å². The quantitative estimate of drug-likeness (QED) is 0.908. The number of aromatic carboxylic acids is 1. The van der Waals surface area contributed by atoms with Gasteiger partial charge in [0.25, 0.3) is 5.91 Å². The summed E-state index contributed by atoms with van der Waals surface area (Å²) in [5, 5.41) is 13.7. The van der Waals surface area contributed by atoms with Crippen molar-refractivity contribution in [3.05, 3.63) is 50.7 Å². The molecule has 1 aromatic heterocycles. The highest BCUT2D eigenvalue weighted by Crippen LogP contribution is 2.28. The summed E-state index contributed by atoms with van der Waals surface area (Å²) in [6, 6.07) is 6.60. The molecule has 2 N–H and O–H groups in total. The molecule has 0 saturated carbocycles. The number of hydrogen-bond donors (Lipinski definition) is 2. The van der Waals surface area contributed by atoms with Crippen LogP contribution >= 0.6 is 22.9 Å². The molecule has 1 aromatic carbocycles. The third kappa shape index (κ3) is 2.77. The molecule has 0 unspecified atom stereocenters. The van der Waals surface area contributed by atoms with Gasteiger partial charge in [0.1, 0.15) is 4.88 Å². The number of benzene rings is 1. The number of hydrogen-bond acceptors (Lipinski definition) is 3. The van der Waals surface area contributed by atoms with Crippen molar-refractivity contribution < 1.29 is 14.7 Å². The molecule has 6 heteroatoms. The molecule has 1 amide bonds. The van der Waals surface area contributed by atoms with Crippen molar-refractivity contribution in [1.29, 1.82) is 0 Å². The minimum atomic E-state index is -1.06. The predicted octanol–water partition coefficient (Wildman–Crippen LogP) is 3.66. The van der Waals surface area contributed by atoms with Crippen LogP contribution in [0.25, 0.3) is 0 Å². The Bertz CT molecular complexity index is 651. The van der Waals surface area contributed by atoms with Gasteiger partial charge >= 0.3 is 5.97 Å². The van der Waals surface area contributed by atoms with E-state index < -0.39 is 11.9 Å². The Morgan fingerprint density at radius 2 is 2.00 bits per heavy atom. The van der Waals surface area contributed by atoms with Crippen LogP contribution in [0.4, 0.5) is 5.69 Å². The molecule has 0 spiro atoms. The smallest absolute Gasteiger partial charge is 0.348 e. The van der Waals surface area contributed by atoms with Crippen LogP contribution in [-0.4, -0.2) is 17.0 Å². The molecule has 98 valence electrons. The molecule has 2 rings (SSSR count). The molecular weight excluding hydrogens is 286 g/mol. The van der Waals surface area contributed by atoms with E-state index in [9.17, 15) is 9.59 Å². The number of aryl methyl sites for hydroxylation is 1. The van der Waals surface area contributed by atoms with Gasteiger partial charge in [-0.2, -0.15) is 0 Å². The van der Waals surface area contributed by atoms with E-state index in [0.717, 1.165) is 11.3 Å². The summed E-state index contributed by atoms with van der Waals surface area (Å²) < 4.78 is 0. The number of anilines is 1. The molecular formula is C13H10ClNO3S. The van der Waals surface area contributed by atoms with Crippen LogP contribution in [0.5, 0.6) is 0 Å². The maximum Gasteiger partial charge on any atom is 0.348 e. The lowest BCUT2D eigenvalue weighted by atomic mass is 10.2. The Labute approximate surface area is 118 Å². The second-order valence-electron chi connectivity index (χ2n) is 3.86. The van der Waals surface area contributed by atoms with Crippen LogP contribution in [0.2, 0.25) is 5.02 Å². The number of nitrogens with one attached hydrogen (secondary N) is 1. The van der Waals surface area contributed by atoms with Crippen LogP contribution in [0, 0.1) is 6.92 Å². The summed E-state index contributed by atoms with van der Waals surface area (Å²) in [6.07, 6.45) is 0. The van der Waals surface area contributed by atoms with Gasteiger partial charge in [-0.25, -0.2) is 4.79 Å². The first-order valence-electron chi connectivity index (χ1n) is 5.38. The Morgan fingerprint density at radius 1 is 1.32 bits per heavy atom. The number of halogens is 1. The summed E-state index contributed by atoms with van der Waals surface area (Å²) in [5.41, 5.74) is 1.34. The van der Waals surface area contributed by atoms with Crippen LogP contribution in [-0.2, 0) is 0 Å². The Kier molecular flexibility index (Phi) is 3.87. The molecule has 2 aromatic rings. The fourth-order valence-corrected chi connectivity index (χ4v) is 2.65. The Balaban J connectivity index is 2.32. The molecule has 4 nitrogen and oxygen atoms in total. The number of carbonyl (C=O) groups is 2. The maximum absolute atomic E-state index is 12.1. The van der Waals surface area contributed by atoms with Crippen molar-refractivity contribution in [2.24, 2.45) is 0 Å². The first-order valence-corrected chi connectivity index (χ1v) is 6.63. The van der Waals surface area contributed by atoms with Gasteiger partial charge in [-0.15, -0.1) is 11.3 Å². The third-order valence-corrected chi connectivity index (χ3v) is 3.94. The SMILES string of the molecule is Cc1csc(C(=O)O)c1NC(=O)c1ccccc1Cl.